The summed E-state index contributed by atoms with van der Waals surface area (Å²) in [6.45, 7) is 2.75. The summed E-state index contributed by atoms with van der Waals surface area (Å²) in [7, 11) is -3.65. The number of hydrogen-bond acceptors (Lipinski definition) is 4. The predicted molar refractivity (Wildman–Crippen MR) is 94.1 cm³/mol. The number of sulfone groups is 1. The van der Waals surface area contributed by atoms with Crippen LogP contribution in [-0.4, -0.2) is 49.8 Å². The zero-order valence-corrected chi connectivity index (χ0v) is 13.5. The van der Waals surface area contributed by atoms with Gasteiger partial charge in [0.25, 0.3) is 0 Å². The topological polar surface area (TPSA) is 92.3 Å². The first-order chi connectivity index (χ1) is 10.8. The Labute approximate surface area is 162 Å². The van der Waals surface area contributed by atoms with Crippen LogP contribution in [0.3, 0.4) is 0 Å². The molecule has 24 heavy (non-hydrogen) atoms. The van der Waals surface area contributed by atoms with Gasteiger partial charge in [0.15, 0.2) is 0 Å². The van der Waals surface area contributed by atoms with Gasteiger partial charge in [-0.15, -0.1) is 0 Å². The molecule has 2 N–H and O–H groups in total. The van der Waals surface area contributed by atoms with Crippen LogP contribution in [0, 0.1) is 0 Å². The molecule has 0 heterocycles. The second kappa shape index (κ2) is 8.43. The summed E-state index contributed by atoms with van der Waals surface area (Å²) in [5, 5.41) is 5.15. The Hall–Kier alpha value is -1.67. The molecule has 0 aliphatic rings. The molecule has 0 saturated heterocycles. The van der Waals surface area contributed by atoms with Gasteiger partial charge in [-0.1, -0.05) is 0 Å². The van der Waals surface area contributed by atoms with Crippen molar-refractivity contribution >= 4 is 62.6 Å². The van der Waals surface area contributed by atoms with Crippen molar-refractivity contribution in [3.63, 3.8) is 0 Å². The van der Waals surface area contributed by atoms with E-state index in [0.717, 1.165) is 0 Å². The quantitative estimate of drug-likeness (QED) is 0.817. The number of benzene rings is 2. The standard InChI is InChI=1S/C16H16N2O4S.Na.H/c1-11(19)17-13-3-7-15(8-4-13)23(21,22)16-9-5-14(6-10-16)18-12(2)20;;/h3-10H,1-2H3,(H,17,19)(H,18,20);;. The number of carbonyl (C=O) groups excluding carboxylic acids is 2. The third-order valence-corrected chi connectivity index (χ3v) is 4.76. The number of anilines is 2. The van der Waals surface area contributed by atoms with Gasteiger partial charge in [-0.25, -0.2) is 8.42 Å². The molecule has 0 spiro atoms. The molecule has 2 amide bonds. The number of rotatable bonds is 4. The predicted octanol–water partition coefficient (Wildman–Crippen LogP) is 1.79. The minimum atomic E-state index is -3.65. The molecule has 0 aromatic heterocycles. The van der Waals surface area contributed by atoms with Crippen LogP contribution in [-0.2, 0) is 19.4 Å². The molecule has 2 rings (SSSR count). The molecule has 122 valence electrons. The second-order valence-electron chi connectivity index (χ2n) is 4.91. The molecule has 2 aromatic rings. The van der Waals surface area contributed by atoms with Crippen molar-refractivity contribution in [2.24, 2.45) is 0 Å². The Morgan fingerprint density at radius 1 is 0.708 bits per heavy atom. The van der Waals surface area contributed by atoms with Crippen LogP contribution < -0.4 is 10.6 Å². The summed E-state index contributed by atoms with van der Waals surface area (Å²) in [5.74, 6) is -0.455. The van der Waals surface area contributed by atoms with Crippen LogP contribution in [0.4, 0.5) is 11.4 Å². The van der Waals surface area contributed by atoms with Crippen LogP contribution in [0.25, 0.3) is 0 Å². The molecule has 0 radical (unpaired) electrons. The first-order valence-corrected chi connectivity index (χ1v) is 8.28. The summed E-state index contributed by atoms with van der Waals surface area (Å²) in [6, 6.07) is 11.8. The molecule has 0 bridgehead atoms. The number of amides is 2. The van der Waals surface area contributed by atoms with Gasteiger partial charge in [-0.2, -0.15) is 0 Å². The van der Waals surface area contributed by atoms with E-state index in [1.54, 1.807) is 0 Å². The van der Waals surface area contributed by atoms with Crippen molar-refractivity contribution in [3.8, 4) is 0 Å². The number of hydrogen-bond donors (Lipinski definition) is 2. The van der Waals surface area contributed by atoms with Gasteiger partial charge in [-0.3, -0.25) is 9.59 Å². The molecule has 6 nitrogen and oxygen atoms in total. The Bertz CT molecular complexity index is 766. The van der Waals surface area contributed by atoms with Crippen LogP contribution in [0.15, 0.2) is 58.3 Å². The fourth-order valence-electron chi connectivity index (χ4n) is 1.98. The van der Waals surface area contributed by atoms with E-state index in [-0.39, 0.29) is 51.2 Å². The van der Waals surface area contributed by atoms with Crippen molar-refractivity contribution < 1.29 is 18.0 Å². The van der Waals surface area contributed by atoms with E-state index in [2.05, 4.69) is 10.6 Å². The molecule has 0 unspecified atom stereocenters. The van der Waals surface area contributed by atoms with Gasteiger partial charge in [0, 0.05) is 25.2 Å². The van der Waals surface area contributed by atoms with Crippen LogP contribution in [0.2, 0.25) is 0 Å². The zero-order valence-electron chi connectivity index (χ0n) is 12.7. The molecule has 0 saturated carbocycles. The maximum absolute atomic E-state index is 12.5. The van der Waals surface area contributed by atoms with Crippen molar-refractivity contribution in [1.29, 1.82) is 0 Å². The average molecular weight is 356 g/mol. The van der Waals surface area contributed by atoms with Gasteiger partial charge in [0.05, 0.1) is 9.79 Å². The molecule has 8 heteroatoms. The summed E-state index contributed by atoms with van der Waals surface area (Å²) in [6.07, 6.45) is 0. The summed E-state index contributed by atoms with van der Waals surface area (Å²) in [4.78, 5) is 22.2. The molecule has 2 aromatic carbocycles. The molecule has 0 atom stereocenters. The van der Waals surface area contributed by atoms with Crippen LogP contribution >= 0.6 is 0 Å². The van der Waals surface area contributed by atoms with Crippen LogP contribution in [0.1, 0.15) is 13.8 Å². The normalized spacial score (nSPS) is 10.4. The summed E-state index contributed by atoms with van der Waals surface area (Å²) >= 11 is 0. The van der Waals surface area contributed by atoms with Gasteiger partial charge < -0.3 is 10.6 Å². The van der Waals surface area contributed by atoms with Crippen molar-refractivity contribution in [1.82, 2.24) is 0 Å². The molecular formula is C16H17N2NaO4S. The van der Waals surface area contributed by atoms with Crippen LogP contribution in [0.5, 0.6) is 0 Å². The molecule has 0 fully saturated rings. The van der Waals surface area contributed by atoms with Gasteiger partial charge in [-0.05, 0) is 48.5 Å². The fourth-order valence-corrected chi connectivity index (χ4v) is 3.24. The van der Waals surface area contributed by atoms with Crippen molar-refractivity contribution in [2.75, 3.05) is 10.6 Å². The molecule has 0 aliphatic carbocycles. The van der Waals surface area contributed by atoms with Crippen molar-refractivity contribution in [3.05, 3.63) is 48.5 Å². The third-order valence-electron chi connectivity index (χ3n) is 2.97. The average Bonchev–Trinajstić information content (AvgIpc) is 2.47. The number of carbonyl (C=O) groups is 2. The van der Waals surface area contributed by atoms with E-state index in [9.17, 15) is 18.0 Å². The second-order valence-corrected chi connectivity index (χ2v) is 6.86. The first-order valence-electron chi connectivity index (χ1n) is 6.79. The maximum atomic E-state index is 12.5. The molecular weight excluding hydrogens is 339 g/mol. The third kappa shape index (κ3) is 5.17. The van der Waals surface area contributed by atoms with E-state index >= 15 is 0 Å². The summed E-state index contributed by atoms with van der Waals surface area (Å²) < 4.78 is 25.1. The Balaban J connectivity index is 0.00000288. The van der Waals surface area contributed by atoms with Gasteiger partial charge in [0.2, 0.25) is 21.7 Å². The van der Waals surface area contributed by atoms with E-state index in [1.165, 1.54) is 62.4 Å². The van der Waals surface area contributed by atoms with Crippen molar-refractivity contribution in [2.45, 2.75) is 23.6 Å². The first kappa shape index (κ1) is 20.4. The monoisotopic (exact) mass is 356 g/mol. The van der Waals surface area contributed by atoms with E-state index in [4.69, 9.17) is 0 Å². The SMILES string of the molecule is CC(=O)Nc1ccc(S(=O)(=O)c2ccc(NC(C)=O)cc2)cc1.[NaH]. The summed E-state index contributed by atoms with van der Waals surface area (Å²) in [5.41, 5.74) is 1.05. The fraction of sp³-hybridized carbons (Fsp3) is 0.125. The van der Waals surface area contributed by atoms with E-state index in [1.807, 2.05) is 0 Å². The van der Waals surface area contributed by atoms with E-state index < -0.39 is 9.84 Å². The zero-order chi connectivity index (χ0) is 17.0. The number of nitrogens with one attached hydrogen (secondary N) is 2. The Morgan fingerprint density at radius 3 is 1.25 bits per heavy atom. The Morgan fingerprint density at radius 2 is 1.00 bits per heavy atom. The van der Waals surface area contributed by atoms with Gasteiger partial charge in [0.1, 0.15) is 0 Å². The van der Waals surface area contributed by atoms with Gasteiger partial charge >= 0.3 is 29.6 Å². The van der Waals surface area contributed by atoms with E-state index in [0.29, 0.717) is 11.4 Å². The Kier molecular flexibility index (Phi) is 7.16. The molecule has 0 aliphatic heterocycles. The minimum absolute atomic E-state index is 0.